The molecule has 0 aliphatic carbocycles. The lowest BCUT2D eigenvalue weighted by Gasteiger charge is -2.11. The number of anilines is 1. The molecular weight excluding hydrogens is 210 g/mol. The number of aryl methyl sites for hydroxylation is 1. The topological polar surface area (TPSA) is 77.3 Å². The SMILES string of the molecule is COC(C)CNc1cc(C)c([N+](=O)[O-])cn1. The van der Waals surface area contributed by atoms with E-state index in [1.165, 1.54) is 6.20 Å². The quantitative estimate of drug-likeness (QED) is 0.610. The lowest BCUT2D eigenvalue weighted by Crippen LogP contribution is -2.18. The van der Waals surface area contributed by atoms with Gasteiger partial charge in [-0.25, -0.2) is 4.98 Å². The van der Waals surface area contributed by atoms with Gasteiger partial charge >= 0.3 is 0 Å². The molecule has 0 saturated carbocycles. The van der Waals surface area contributed by atoms with Gasteiger partial charge in [0.05, 0.1) is 11.0 Å². The summed E-state index contributed by atoms with van der Waals surface area (Å²) >= 11 is 0. The fraction of sp³-hybridized carbons (Fsp3) is 0.500. The van der Waals surface area contributed by atoms with Crippen molar-refractivity contribution in [2.75, 3.05) is 19.0 Å². The van der Waals surface area contributed by atoms with Crippen molar-refractivity contribution in [3.05, 3.63) is 27.9 Å². The minimum absolute atomic E-state index is 0.0327. The van der Waals surface area contributed by atoms with Crippen LogP contribution < -0.4 is 5.32 Å². The van der Waals surface area contributed by atoms with Gasteiger partial charge in [0.25, 0.3) is 5.69 Å². The highest BCUT2D eigenvalue weighted by Gasteiger charge is 2.11. The number of pyridine rings is 1. The van der Waals surface area contributed by atoms with E-state index in [1.807, 2.05) is 6.92 Å². The third kappa shape index (κ3) is 3.16. The van der Waals surface area contributed by atoms with Gasteiger partial charge in [-0.2, -0.15) is 0 Å². The van der Waals surface area contributed by atoms with Crippen molar-refractivity contribution < 1.29 is 9.66 Å². The highest BCUT2D eigenvalue weighted by molar-refractivity contribution is 5.46. The van der Waals surface area contributed by atoms with Gasteiger partial charge < -0.3 is 10.1 Å². The van der Waals surface area contributed by atoms with E-state index in [4.69, 9.17) is 4.74 Å². The molecule has 1 aromatic heterocycles. The van der Waals surface area contributed by atoms with E-state index >= 15 is 0 Å². The molecule has 0 spiro atoms. The molecule has 0 saturated heterocycles. The van der Waals surface area contributed by atoms with Crippen LogP contribution in [0.5, 0.6) is 0 Å². The number of ether oxygens (including phenoxy) is 1. The number of hydrogen-bond acceptors (Lipinski definition) is 5. The molecule has 1 rings (SSSR count). The Hall–Kier alpha value is -1.69. The maximum absolute atomic E-state index is 10.6. The van der Waals surface area contributed by atoms with Crippen LogP contribution in [0.25, 0.3) is 0 Å². The number of hydrogen-bond donors (Lipinski definition) is 1. The van der Waals surface area contributed by atoms with E-state index < -0.39 is 4.92 Å². The first-order valence-electron chi connectivity index (χ1n) is 4.92. The highest BCUT2D eigenvalue weighted by Crippen LogP contribution is 2.18. The Bertz CT molecular complexity index is 382. The summed E-state index contributed by atoms with van der Waals surface area (Å²) < 4.78 is 5.07. The molecule has 1 atom stereocenters. The molecule has 6 nitrogen and oxygen atoms in total. The molecule has 0 radical (unpaired) electrons. The summed E-state index contributed by atoms with van der Waals surface area (Å²) in [6.07, 6.45) is 1.33. The number of methoxy groups -OCH3 is 1. The van der Waals surface area contributed by atoms with Crippen molar-refractivity contribution in [2.24, 2.45) is 0 Å². The monoisotopic (exact) mass is 225 g/mol. The van der Waals surface area contributed by atoms with Crippen molar-refractivity contribution in [3.8, 4) is 0 Å². The molecule has 0 bridgehead atoms. The first kappa shape index (κ1) is 12.4. The van der Waals surface area contributed by atoms with Gasteiger partial charge in [0, 0.05) is 19.2 Å². The van der Waals surface area contributed by atoms with Crippen LogP contribution in [0.2, 0.25) is 0 Å². The molecule has 1 N–H and O–H groups in total. The Morgan fingerprint density at radius 3 is 2.88 bits per heavy atom. The van der Waals surface area contributed by atoms with E-state index in [0.717, 1.165) is 0 Å². The zero-order chi connectivity index (χ0) is 12.1. The van der Waals surface area contributed by atoms with Gasteiger partial charge in [-0.1, -0.05) is 0 Å². The standard InChI is InChI=1S/C10H15N3O3/c1-7-4-10(11-5-8(2)16-3)12-6-9(7)13(14)15/h4,6,8H,5H2,1-3H3,(H,11,12). The Morgan fingerprint density at radius 1 is 1.69 bits per heavy atom. The highest BCUT2D eigenvalue weighted by atomic mass is 16.6. The molecule has 0 fully saturated rings. The second kappa shape index (κ2) is 5.41. The summed E-state index contributed by atoms with van der Waals surface area (Å²) in [5, 5.41) is 13.6. The van der Waals surface area contributed by atoms with Gasteiger partial charge in [0.1, 0.15) is 12.0 Å². The van der Waals surface area contributed by atoms with Crippen LogP contribution in [0.4, 0.5) is 11.5 Å². The summed E-state index contributed by atoms with van der Waals surface area (Å²) in [4.78, 5) is 14.1. The Labute approximate surface area is 93.8 Å². The van der Waals surface area contributed by atoms with Crippen LogP contribution in [-0.2, 0) is 4.74 Å². The largest absolute Gasteiger partial charge is 0.380 e. The average molecular weight is 225 g/mol. The molecule has 88 valence electrons. The van der Waals surface area contributed by atoms with Crippen LogP contribution in [0.15, 0.2) is 12.3 Å². The summed E-state index contributed by atoms with van der Waals surface area (Å²) in [6.45, 7) is 4.22. The predicted molar refractivity (Wildman–Crippen MR) is 60.6 cm³/mol. The van der Waals surface area contributed by atoms with Crippen LogP contribution in [-0.4, -0.2) is 29.7 Å². The minimum atomic E-state index is -0.441. The number of aromatic nitrogens is 1. The summed E-state index contributed by atoms with van der Waals surface area (Å²) in [5.74, 6) is 0.618. The van der Waals surface area contributed by atoms with Crippen molar-refractivity contribution in [2.45, 2.75) is 20.0 Å². The Kier molecular flexibility index (Phi) is 4.19. The summed E-state index contributed by atoms with van der Waals surface area (Å²) in [7, 11) is 1.63. The van der Waals surface area contributed by atoms with E-state index in [0.29, 0.717) is 17.9 Å². The first-order valence-corrected chi connectivity index (χ1v) is 4.92. The normalized spacial score (nSPS) is 12.2. The second-order valence-electron chi connectivity index (χ2n) is 3.54. The van der Waals surface area contributed by atoms with Gasteiger partial charge in [-0.05, 0) is 19.9 Å². The lowest BCUT2D eigenvalue weighted by atomic mass is 10.2. The van der Waals surface area contributed by atoms with E-state index in [1.54, 1.807) is 20.1 Å². The van der Waals surface area contributed by atoms with Gasteiger partial charge in [-0.15, -0.1) is 0 Å². The fourth-order valence-corrected chi connectivity index (χ4v) is 1.17. The van der Waals surface area contributed by atoms with Crippen LogP contribution in [0.1, 0.15) is 12.5 Å². The fourth-order valence-electron chi connectivity index (χ4n) is 1.17. The maximum atomic E-state index is 10.6. The van der Waals surface area contributed by atoms with E-state index in [-0.39, 0.29) is 11.8 Å². The lowest BCUT2D eigenvalue weighted by molar-refractivity contribution is -0.385. The van der Waals surface area contributed by atoms with Gasteiger partial charge in [-0.3, -0.25) is 10.1 Å². The van der Waals surface area contributed by atoms with Crippen molar-refractivity contribution in [1.82, 2.24) is 4.98 Å². The third-order valence-electron chi connectivity index (χ3n) is 2.25. The predicted octanol–water partition coefficient (Wildman–Crippen LogP) is 1.75. The summed E-state index contributed by atoms with van der Waals surface area (Å²) in [5.41, 5.74) is 0.623. The van der Waals surface area contributed by atoms with E-state index in [2.05, 4.69) is 10.3 Å². The molecule has 1 heterocycles. The van der Waals surface area contributed by atoms with E-state index in [9.17, 15) is 10.1 Å². The zero-order valence-corrected chi connectivity index (χ0v) is 9.56. The second-order valence-corrected chi connectivity index (χ2v) is 3.54. The van der Waals surface area contributed by atoms with Gasteiger partial charge in [0.2, 0.25) is 0 Å². The molecular formula is C10H15N3O3. The number of rotatable bonds is 5. The Morgan fingerprint density at radius 2 is 2.38 bits per heavy atom. The van der Waals surface area contributed by atoms with Crippen LogP contribution >= 0.6 is 0 Å². The molecule has 0 aliphatic heterocycles. The minimum Gasteiger partial charge on any atom is -0.380 e. The third-order valence-corrected chi connectivity index (χ3v) is 2.25. The number of nitrogens with zero attached hydrogens (tertiary/aromatic N) is 2. The molecule has 16 heavy (non-hydrogen) atoms. The Balaban J connectivity index is 2.70. The average Bonchev–Trinajstić information content (AvgIpc) is 2.25. The van der Waals surface area contributed by atoms with Crippen LogP contribution in [0.3, 0.4) is 0 Å². The number of nitro groups is 1. The molecule has 1 unspecified atom stereocenters. The van der Waals surface area contributed by atoms with Crippen molar-refractivity contribution >= 4 is 11.5 Å². The van der Waals surface area contributed by atoms with Gasteiger partial charge in [0.15, 0.2) is 0 Å². The first-order chi connectivity index (χ1) is 7.54. The molecule has 0 amide bonds. The smallest absolute Gasteiger partial charge is 0.290 e. The zero-order valence-electron chi connectivity index (χ0n) is 9.56. The summed E-state index contributed by atoms with van der Waals surface area (Å²) in [6, 6.07) is 1.65. The number of nitrogens with one attached hydrogen (secondary N) is 1. The molecule has 6 heteroatoms. The van der Waals surface area contributed by atoms with Crippen LogP contribution in [0, 0.1) is 17.0 Å². The molecule has 0 aliphatic rings. The molecule has 0 aromatic carbocycles. The van der Waals surface area contributed by atoms with Crippen molar-refractivity contribution in [1.29, 1.82) is 0 Å². The molecule has 1 aromatic rings. The maximum Gasteiger partial charge on any atom is 0.290 e. The van der Waals surface area contributed by atoms with Crippen molar-refractivity contribution in [3.63, 3.8) is 0 Å².